The van der Waals surface area contributed by atoms with Gasteiger partial charge < -0.3 is 9.47 Å². The smallest absolute Gasteiger partial charge is 0.276 e. The molecular formula is C26H28N2O4. The molecule has 166 valence electrons. The number of amides is 2. The Kier molecular flexibility index (Phi) is 7.49. The monoisotopic (exact) mass is 432 g/mol. The van der Waals surface area contributed by atoms with Gasteiger partial charge in [-0.15, -0.1) is 0 Å². The molecule has 3 rings (SSSR count). The van der Waals surface area contributed by atoms with E-state index in [1.807, 2.05) is 54.6 Å². The van der Waals surface area contributed by atoms with Crippen LogP contribution >= 0.6 is 0 Å². The SMILES string of the molecule is CC(C)(C)c1ccccc1OCC(=O)NNC(=O)c1ccccc1OCc1ccccc1. The maximum absolute atomic E-state index is 12.6. The van der Waals surface area contributed by atoms with E-state index in [-0.39, 0.29) is 12.0 Å². The van der Waals surface area contributed by atoms with Crippen LogP contribution < -0.4 is 20.3 Å². The number of hydrazine groups is 1. The molecule has 2 N–H and O–H groups in total. The standard InChI is InChI=1S/C26H28N2O4/c1-26(2,3)21-14-8-10-16-23(21)32-18-24(29)27-28-25(30)20-13-7-9-15-22(20)31-17-19-11-5-4-6-12-19/h4-16H,17-18H2,1-3H3,(H,27,29)(H,28,30). The second kappa shape index (κ2) is 10.5. The molecule has 0 aromatic heterocycles. The number of hydrogen-bond donors (Lipinski definition) is 2. The Hall–Kier alpha value is -3.80. The summed E-state index contributed by atoms with van der Waals surface area (Å²) in [4.78, 5) is 24.8. The summed E-state index contributed by atoms with van der Waals surface area (Å²) >= 11 is 0. The van der Waals surface area contributed by atoms with E-state index in [9.17, 15) is 9.59 Å². The molecule has 0 saturated carbocycles. The third kappa shape index (κ3) is 6.35. The number of benzene rings is 3. The van der Waals surface area contributed by atoms with E-state index < -0.39 is 11.8 Å². The number of carbonyl (C=O) groups is 2. The van der Waals surface area contributed by atoms with Crippen molar-refractivity contribution >= 4 is 11.8 Å². The van der Waals surface area contributed by atoms with Gasteiger partial charge in [-0.3, -0.25) is 20.4 Å². The van der Waals surface area contributed by atoms with E-state index >= 15 is 0 Å². The second-order valence-corrected chi connectivity index (χ2v) is 8.31. The topological polar surface area (TPSA) is 76.7 Å². The molecule has 0 aliphatic carbocycles. The lowest BCUT2D eigenvalue weighted by atomic mass is 9.86. The average molecular weight is 433 g/mol. The van der Waals surface area contributed by atoms with Crippen LogP contribution in [0.3, 0.4) is 0 Å². The van der Waals surface area contributed by atoms with Gasteiger partial charge in [-0.05, 0) is 34.7 Å². The number of nitrogens with one attached hydrogen (secondary N) is 2. The van der Waals surface area contributed by atoms with Gasteiger partial charge in [0.1, 0.15) is 18.1 Å². The molecule has 0 heterocycles. The number of rotatable bonds is 7. The van der Waals surface area contributed by atoms with E-state index in [1.165, 1.54) is 0 Å². The van der Waals surface area contributed by atoms with Crippen LogP contribution in [0.15, 0.2) is 78.9 Å². The zero-order valence-corrected chi connectivity index (χ0v) is 18.6. The number of para-hydroxylation sites is 2. The van der Waals surface area contributed by atoms with E-state index in [0.717, 1.165) is 11.1 Å². The van der Waals surface area contributed by atoms with Crippen LogP contribution in [0.1, 0.15) is 42.3 Å². The quantitative estimate of drug-likeness (QED) is 0.543. The van der Waals surface area contributed by atoms with Crippen molar-refractivity contribution in [2.75, 3.05) is 6.61 Å². The minimum Gasteiger partial charge on any atom is -0.488 e. The summed E-state index contributed by atoms with van der Waals surface area (Å²) in [5.41, 5.74) is 7.00. The van der Waals surface area contributed by atoms with Crippen molar-refractivity contribution in [1.82, 2.24) is 10.9 Å². The summed E-state index contributed by atoms with van der Waals surface area (Å²) in [6.45, 7) is 6.34. The summed E-state index contributed by atoms with van der Waals surface area (Å²) in [7, 11) is 0. The molecule has 0 radical (unpaired) electrons. The molecule has 0 spiro atoms. The van der Waals surface area contributed by atoms with Crippen LogP contribution in [-0.2, 0) is 16.8 Å². The molecule has 0 fully saturated rings. The fraction of sp³-hybridized carbons (Fsp3) is 0.231. The summed E-state index contributed by atoms with van der Waals surface area (Å²) in [5, 5.41) is 0. The first-order valence-electron chi connectivity index (χ1n) is 10.4. The third-order valence-electron chi connectivity index (χ3n) is 4.74. The minimum absolute atomic E-state index is 0.120. The summed E-state index contributed by atoms with van der Waals surface area (Å²) < 4.78 is 11.5. The summed E-state index contributed by atoms with van der Waals surface area (Å²) in [6.07, 6.45) is 0. The normalized spacial score (nSPS) is 10.8. The van der Waals surface area contributed by atoms with Gasteiger partial charge in [-0.25, -0.2) is 0 Å². The molecule has 0 aliphatic rings. The van der Waals surface area contributed by atoms with Crippen LogP contribution in [0.4, 0.5) is 0 Å². The first-order valence-corrected chi connectivity index (χ1v) is 10.4. The van der Waals surface area contributed by atoms with Crippen molar-refractivity contribution in [3.63, 3.8) is 0 Å². The molecule has 2 amide bonds. The highest BCUT2D eigenvalue weighted by Gasteiger charge is 2.19. The maximum Gasteiger partial charge on any atom is 0.276 e. The van der Waals surface area contributed by atoms with Crippen molar-refractivity contribution in [2.45, 2.75) is 32.8 Å². The van der Waals surface area contributed by atoms with E-state index in [4.69, 9.17) is 9.47 Å². The molecule has 0 saturated heterocycles. The van der Waals surface area contributed by atoms with E-state index in [0.29, 0.717) is 23.7 Å². The molecule has 3 aromatic rings. The van der Waals surface area contributed by atoms with E-state index in [1.54, 1.807) is 24.3 Å². The fourth-order valence-corrected chi connectivity index (χ4v) is 3.10. The van der Waals surface area contributed by atoms with Gasteiger partial charge in [0.2, 0.25) is 0 Å². The molecule has 0 atom stereocenters. The highest BCUT2D eigenvalue weighted by Crippen LogP contribution is 2.30. The Balaban J connectivity index is 1.54. The van der Waals surface area contributed by atoms with Crippen molar-refractivity contribution in [2.24, 2.45) is 0 Å². The molecule has 0 unspecified atom stereocenters. The van der Waals surface area contributed by atoms with Gasteiger partial charge in [0.25, 0.3) is 11.8 Å². The summed E-state index contributed by atoms with van der Waals surface area (Å²) in [5.74, 6) is 0.126. The van der Waals surface area contributed by atoms with Crippen LogP contribution in [0.2, 0.25) is 0 Å². The number of hydrogen-bond acceptors (Lipinski definition) is 4. The first kappa shape index (κ1) is 22.9. The first-order chi connectivity index (χ1) is 15.3. The zero-order chi connectivity index (χ0) is 23.0. The Morgan fingerprint density at radius 2 is 1.38 bits per heavy atom. The van der Waals surface area contributed by atoms with Crippen molar-refractivity contribution in [1.29, 1.82) is 0 Å². The molecule has 3 aromatic carbocycles. The number of ether oxygens (including phenoxy) is 2. The molecular weight excluding hydrogens is 404 g/mol. The van der Waals surface area contributed by atoms with Gasteiger partial charge in [-0.1, -0.05) is 81.4 Å². The van der Waals surface area contributed by atoms with Crippen LogP contribution in [0.5, 0.6) is 11.5 Å². The predicted octanol–water partition coefficient (Wildman–Crippen LogP) is 4.40. The Morgan fingerprint density at radius 3 is 2.09 bits per heavy atom. The van der Waals surface area contributed by atoms with Gasteiger partial charge in [-0.2, -0.15) is 0 Å². The van der Waals surface area contributed by atoms with Crippen molar-refractivity contribution in [3.8, 4) is 11.5 Å². The highest BCUT2D eigenvalue weighted by molar-refractivity contribution is 5.97. The largest absolute Gasteiger partial charge is 0.488 e. The van der Waals surface area contributed by atoms with Crippen LogP contribution in [-0.4, -0.2) is 18.4 Å². The average Bonchev–Trinajstić information content (AvgIpc) is 2.80. The second-order valence-electron chi connectivity index (χ2n) is 8.31. The van der Waals surface area contributed by atoms with Crippen LogP contribution in [0.25, 0.3) is 0 Å². The molecule has 6 heteroatoms. The lowest BCUT2D eigenvalue weighted by molar-refractivity contribution is -0.123. The molecule has 32 heavy (non-hydrogen) atoms. The van der Waals surface area contributed by atoms with Gasteiger partial charge >= 0.3 is 0 Å². The predicted molar refractivity (Wildman–Crippen MR) is 123 cm³/mol. The minimum atomic E-state index is -0.475. The zero-order valence-electron chi connectivity index (χ0n) is 18.6. The van der Waals surface area contributed by atoms with Crippen molar-refractivity contribution < 1.29 is 19.1 Å². The van der Waals surface area contributed by atoms with Gasteiger partial charge in [0.15, 0.2) is 6.61 Å². The Labute approximate surface area is 188 Å². The van der Waals surface area contributed by atoms with Gasteiger partial charge in [0, 0.05) is 0 Å². The van der Waals surface area contributed by atoms with Crippen molar-refractivity contribution in [3.05, 3.63) is 95.6 Å². The molecule has 6 nitrogen and oxygen atoms in total. The Morgan fingerprint density at radius 1 is 0.750 bits per heavy atom. The third-order valence-corrected chi connectivity index (χ3v) is 4.74. The van der Waals surface area contributed by atoms with Gasteiger partial charge in [0.05, 0.1) is 5.56 Å². The Bertz CT molecular complexity index is 1060. The highest BCUT2D eigenvalue weighted by atomic mass is 16.5. The lowest BCUT2D eigenvalue weighted by Gasteiger charge is -2.22. The molecule has 0 aliphatic heterocycles. The number of carbonyl (C=O) groups excluding carboxylic acids is 2. The van der Waals surface area contributed by atoms with E-state index in [2.05, 4.69) is 31.6 Å². The maximum atomic E-state index is 12.6. The fourth-order valence-electron chi connectivity index (χ4n) is 3.10. The molecule has 0 bridgehead atoms. The summed E-state index contributed by atoms with van der Waals surface area (Å²) in [6, 6.07) is 24.1. The lowest BCUT2D eigenvalue weighted by Crippen LogP contribution is -2.44. The van der Waals surface area contributed by atoms with Crippen LogP contribution in [0, 0.1) is 0 Å².